The van der Waals surface area contributed by atoms with Gasteiger partial charge in [0.15, 0.2) is 0 Å². The van der Waals surface area contributed by atoms with Crippen molar-refractivity contribution in [3.8, 4) is 0 Å². The Balaban J connectivity index is 3.38. The van der Waals surface area contributed by atoms with Gasteiger partial charge in [-0.2, -0.15) is 0 Å². The third-order valence-electron chi connectivity index (χ3n) is 3.14. The van der Waals surface area contributed by atoms with Crippen LogP contribution in [-0.2, 0) is 5.60 Å². The number of aliphatic hydroxyl groups is 1. The molecule has 0 heterocycles. The van der Waals surface area contributed by atoms with Crippen LogP contribution in [0, 0.1) is 17.7 Å². The van der Waals surface area contributed by atoms with E-state index in [0.29, 0.717) is 10.0 Å². The Kier molecular flexibility index (Phi) is 4.13. The normalized spacial score (nSPS) is 12.6. The molecular formula is C13H18BrFO. The third-order valence-corrected chi connectivity index (χ3v) is 3.76. The molecule has 1 nitrogen and oxygen atoms in total. The van der Waals surface area contributed by atoms with Crippen molar-refractivity contribution in [2.45, 2.75) is 33.3 Å². The lowest BCUT2D eigenvalue weighted by molar-refractivity contribution is -0.0559. The molecule has 1 N–H and O–H groups in total. The maximum absolute atomic E-state index is 14.0. The first kappa shape index (κ1) is 13.7. The SMILES string of the molecule is CC(C)C(O)(c1cccc(Br)c1F)C(C)C. The molecule has 1 rings (SSSR count). The summed E-state index contributed by atoms with van der Waals surface area (Å²) in [7, 11) is 0. The van der Waals surface area contributed by atoms with E-state index in [1.807, 2.05) is 27.7 Å². The largest absolute Gasteiger partial charge is 0.385 e. The maximum atomic E-state index is 14.0. The van der Waals surface area contributed by atoms with Crippen LogP contribution < -0.4 is 0 Å². The summed E-state index contributed by atoms with van der Waals surface area (Å²) in [6.45, 7) is 7.61. The topological polar surface area (TPSA) is 20.2 Å². The first-order chi connectivity index (χ1) is 7.31. The van der Waals surface area contributed by atoms with Gasteiger partial charge in [0.25, 0.3) is 0 Å². The zero-order chi connectivity index (χ0) is 12.5. The molecule has 0 aromatic heterocycles. The summed E-state index contributed by atoms with van der Waals surface area (Å²) in [5, 5.41) is 10.7. The lowest BCUT2D eigenvalue weighted by Gasteiger charge is -2.37. The van der Waals surface area contributed by atoms with E-state index in [1.54, 1.807) is 18.2 Å². The Labute approximate surface area is 105 Å². The van der Waals surface area contributed by atoms with Gasteiger partial charge in [0.1, 0.15) is 5.82 Å². The van der Waals surface area contributed by atoms with Crippen molar-refractivity contribution in [2.24, 2.45) is 11.8 Å². The molecule has 3 heteroatoms. The average Bonchev–Trinajstić information content (AvgIpc) is 2.20. The van der Waals surface area contributed by atoms with Crippen LogP contribution in [0.5, 0.6) is 0 Å². The first-order valence-corrected chi connectivity index (χ1v) is 6.28. The molecule has 0 radical (unpaired) electrons. The highest BCUT2D eigenvalue weighted by Gasteiger charge is 2.38. The van der Waals surface area contributed by atoms with Gasteiger partial charge in [-0.05, 0) is 33.8 Å². The fourth-order valence-electron chi connectivity index (χ4n) is 2.10. The molecule has 1 aromatic carbocycles. The Hall–Kier alpha value is -0.410. The highest BCUT2D eigenvalue weighted by atomic mass is 79.9. The maximum Gasteiger partial charge on any atom is 0.143 e. The molecule has 0 unspecified atom stereocenters. The molecule has 0 bridgehead atoms. The molecule has 0 saturated carbocycles. The van der Waals surface area contributed by atoms with Crippen molar-refractivity contribution >= 4 is 15.9 Å². The quantitative estimate of drug-likeness (QED) is 0.888. The smallest absolute Gasteiger partial charge is 0.143 e. The lowest BCUT2D eigenvalue weighted by atomic mass is 9.75. The second-order valence-corrected chi connectivity index (χ2v) is 5.59. The van der Waals surface area contributed by atoms with Crippen molar-refractivity contribution in [3.05, 3.63) is 34.1 Å². The number of rotatable bonds is 3. The second kappa shape index (κ2) is 4.84. The van der Waals surface area contributed by atoms with Gasteiger partial charge in [-0.3, -0.25) is 0 Å². The van der Waals surface area contributed by atoms with Gasteiger partial charge in [-0.15, -0.1) is 0 Å². The van der Waals surface area contributed by atoms with E-state index in [2.05, 4.69) is 15.9 Å². The molecular weight excluding hydrogens is 271 g/mol. The van der Waals surface area contributed by atoms with E-state index >= 15 is 0 Å². The lowest BCUT2D eigenvalue weighted by Crippen LogP contribution is -2.38. The minimum Gasteiger partial charge on any atom is -0.385 e. The number of halogens is 2. The van der Waals surface area contributed by atoms with Crippen molar-refractivity contribution < 1.29 is 9.50 Å². The number of hydrogen-bond donors (Lipinski definition) is 1. The van der Waals surface area contributed by atoms with Gasteiger partial charge in [0, 0.05) is 5.56 Å². The first-order valence-electron chi connectivity index (χ1n) is 5.48. The summed E-state index contributed by atoms with van der Waals surface area (Å²) in [4.78, 5) is 0. The van der Waals surface area contributed by atoms with Crippen LogP contribution in [0.4, 0.5) is 4.39 Å². The Morgan fingerprint density at radius 3 is 2.12 bits per heavy atom. The van der Waals surface area contributed by atoms with Gasteiger partial charge < -0.3 is 5.11 Å². The highest BCUT2D eigenvalue weighted by molar-refractivity contribution is 9.10. The molecule has 0 aliphatic heterocycles. The monoisotopic (exact) mass is 288 g/mol. The van der Waals surface area contributed by atoms with Gasteiger partial charge in [0.2, 0.25) is 0 Å². The number of benzene rings is 1. The van der Waals surface area contributed by atoms with E-state index in [0.717, 1.165) is 0 Å². The fraction of sp³-hybridized carbons (Fsp3) is 0.538. The average molecular weight is 289 g/mol. The molecule has 16 heavy (non-hydrogen) atoms. The molecule has 0 aliphatic rings. The summed E-state index contributed by atoms with van der Waals surface area (Å²) in [5.74, 6) is -0.458. The highest BCUT2D eigenvalue weighted by Crippen LogP contribution is 2.39. The molecule has 1 aromatic rings. The predicted molar refractivity (Wildman–Crippen MR) is 67.7 cm³/mol. The van der Waals surface area contributed by atoms with Gasteiger partial charge in [-0.1, -0.05) is 39.8 Å². The van der Waals surface area contributed by atoms with Crippen LogP contribution in [-0.4, -0.2) is 5.11 Å². The van der Waals surface area contributed by atoms with E-state index in [-0.39, 0.29) is 17.7 Å². The number of hydrogen-bond acceptors (Lipinski definition) is 1. The van der Waals surface area contributed by atoms with Crippen LogP contribution in [0.25, 0.3) is 0 Å². The summed E-state index contributed by atoms with van der Waals surface area (Å²) >= 11 is 3.15. The Bertz CT molecular complexity index is 366. The zero-order valence-electron chi connectivity index (χ0n) is 10.1. The molecule has 0 aliphatic carbocycles. The van der Waals surface area contributed by atoms with Crippen molar-refractivity contribution in [1.29, 1.82) is 0 Å². The molecule has 0 saturated heterocycles. The van der Waals surface area contributed by atoms with E-state index < -0.39 is 5.60 Å². The minimum atomic E-state index is -1.13. The predicted octanol–water partition coefficient (Wildman–Crippen LogP) is 4.09. The second-order valence-electron chi connectivity index (χ2n) is 4.74. The zero-order valence-corrected chi connectivity index (χ0v) is 11.7. The molecule has 0 amide bonds. The van der Waals surface area contributed by atoms with Gasteiger partial charge in [0.05, 0.1) is 10.1 Å². The molecule has 0 fully saturated rings. The van der Waals surface area contributed by atoms with Crippen LogP contribution in [0.2, 0.25) is 0 Å². The van der Waals surface area contributed by atoms with E-state index in [4.69, 9.17) is 0 Å². The standard InChI is InChI=1S/C13H18BrFO/c1-8(2)13(16,9(3)4)10-6-5-7-11(14)12(10)15/h5-9,16H,1-4H3. The van der Waals surface area contributed by atoms with Crippen LogP contribution in [0.15, 0.2) is 22.7 Å². The van der Waals surface area contributed by atoms with Gasteiger partial charge in [-0.25, -0.2) is 4.39 Å². The van der Waals surface area contributed by atoms with Gasteiger partial charge >= 0.3 is 0 Å². The van der Waals surface area contributed by atoms with Crippen LogP contribution in [0.3, 0.4) is 0 Å². The summed E-state index contributed by atoms with van der Waals surface area (Å²) in [6, 6.07) is 5.04. The van der Waals surface area contributed by atoms with E-state index in [9.17, 15) is 9.50 Å². The summed E-state index contributed by atoms with van der Waals surface area (Å²) < 4.78 is 14.4. The molecule has 0 spiro atoms. The minimum absolute atomic E-state index is 0.0451. The van der Waals surface area contributed by atoms with Crippen molar-refractivity contribution in [3.63, 3.8) is 0 Å². The Morgan fingerprint density at radius 2 is 1.69 bits per heavy atom. The van der Waals surface area contributed by atoms with Crippen molar-refractivity contribution in [2.75, 3.05) is 0 Å². The van der Waals surface area contributed by atoms with Crippen molar-refractivity contribution in [1.82, 2.24) is 0 Å². The molecule has 90 valence electrons. The van der Waals surface area contributed by atoms with Crippen LogP contribution >= 0.6 is 15.9 Å². The summed E-state index contributed by atoms with van der Waals surface area (Å²) in [5.41, 5.74) is -0.764. The third kappa shape index (κ3) is 2.16. The van der Waals surface area contributed by atoms with E-state index in [1.165, 1.54) is 0 Å². The fourth-order valence-corrected chi connectivity index (χ4v) is 2.47. The molecule has 0 atom stereocenters. The summed E-state index contributed by atoms with van der Waals surface area (Å²) in [6.07, 6.45) is 0. The Morgan fingerprint density at radius 1 is 1.19 bits per heavy atom. The van der Waals surface area contributed by atoms with Crippen LogP contribution in [0.1, 0.15) is 33.3 Å².